The van der Waals surface area contributed by atoms with Gasteiger partial charge in [0.2, 0.25) is 0 Å². The van der Waals surface area contributed by atoms with Gasteiger partial charge in [-0.3, -0.25) is 0 Å². The van der Waals surface area contributed by atoms with Gasteiger partial charge in [0, 0.05) is 0 Å². The Balaban J connectivity index is 0.958. The molecule has 74 heavy (non-hydrogen) atoms. The standard InChI is InChI=1S/C74H46/c1-7-23-49(24-8-1)63-57-35-19-20-36-58(57)64(50-25-9-2-10-26-50)72-61-45-43-47(55-37-21-39-59(69(55)61)71(63)72)41-42-48-44-46-62-70-56(48)38-22-40-60(70)73-67(53-31-15-5-16-32-53)65(51-27-11-3-12-28-51)66(52-29-13-4-14-30-52)68(74(62)73)54-33-17-6-18-34-54/h1-46H. The lowest BCUT2D eigenvalue weighted by Crippen LogP contribution is -1.99. The molecule has 0 saturated carbocycles. The lowest BCUT2D eigenvalue weighted by atomic mass is 9.76. The predicted octanol–water partition coefficient (Wildman–Crippen LogP) is 20.6. The highest BCUT2D eigenvalue weighted by molar-refractivity contribution is 6.29. The third kappa shape index (κ3) is 6.35. The Morgan fingerprint density at radius 3 is 0.730 bits per heavy atom. The van der Waals surface area contributed by atoms with Crippen molar-refractivity contribution < 1.29 is 0 Å². The molecule has 0 unspecified atom stereocenters. The lowest BCUT2D eigenvalue weighted by Gasteiger charge is -2.26. The fraction of sp³-hybridized carbons (Fsp3) is 0. The number of rotatable bonds is 8. The van der Waals surface area contributed by atoms with Crippen molar-refractivity contribution in [2.24, 2.45) is 0 Å². The van der Waals surface area contributed by atoms with Gasteiger partial charge in [-0.25, -0.2) is 0 Å². The Hall–Kier alpha value is -9.62. The van der Waals surface area contributed by atoms with E-state index in [4.69, 9.17) is 0 Å². The van der Waals surface area contributed by atoms with Crippen LogP contribution in [0.15, 0.2) is 267 Å². The maximum absolute atomic E-state index is 2.40. The van der Waals surface area contributed by atoms with Crippen molar-refractivity contribution in [2.45, 2.75) is 0 Å². The minimum Gasteiger partial charge on any atom is -0.0622 e. The molecule has 0 amide bonds. The number of fused-ring (bicyclic) bond motifs is 7. The van der Waals surface area contributed by atoms with Gasteiger partial charge in [0.05, 0.1) is 0 Å². The van der Waals surface area contributed by atoms with Crippen LogP contribution in [0.2, 0.25) is 0 Å². The van der Waals surface area contributed by atoms with Crippen LogP contribution in [0.3, 0.4) is 0 Å². The third-order valence-corrected chi connectivity index (χ3v) is 15.8. The van der Waals surface area contributed by atoms with Crippen molar-refractivity contribution in [1.29, 1.82) is 0 Å². The van der Waals surface area contributed by atoms with Crippen molar-refractivity contribution in [3.63, 3.8) is 0 Å². The number of benzene rings is 13. The maximum Gasteiger partial charge on any atom is -0.000718 e. The molecule has 13 aromatic carbocycles. The molecule has 0 aliphatic heterocycles. The smallest absolute Gasteiger partial charge is 0.000718 e. The zero-order valence-electron chi connectivity index (χ0n) is 40.6. The monoisotopic (exact) mass is 934 g/mol. The largest absolute Gasteiger partial charge is 0.0622 e. The van der Waals surface area contributed by atoms with Crippen LogP contribution in [0.4, 0.5) is 0 Å². The Morgan fingerprint density at radius 1 is 0.162 bits per heavy atom. The Kier molecular flexibility index (Phi) is 9.68. The molecule has 0 radical (unpaired) electrons. The first kappa shape index (κ1) is 42.1. The highest BCUT2D eigenvalue weighted by atomic mass is 14.4. The van der Waals surface area contributed by atoms with Gasteiger partial charge in [-0.1, -0.05) is 279 Å². The molecule has 0 bridgehead atoms. The molecule has 0 N–H and O–H groups in total. The van der Waals surface area contributed by atoms with Crippen molar-refractivity contribution >= 4 is 44.5 Å². The van der Waals surface area contributed by atoms with E-state index < -0.39 is 0 Å². The summed E-state index contributed by atoms with van der Waals surface area (Å²) in [5.41, 5.74) is 27.6. The molecule has 0 spiro atoms. The van der Waals surface area contributed by atoms with Gasteiger partial charge in [-0.15, -0.1) is 0 Å². The van der Waals surface area contributed by atoms with E-state index in [1.165, 1.54) is 155 Å². The van der Waals surface area contributed by atoms with Crippen molar-refractivity contribution in [3.8, 4) is 111 Å². The van der Waals surface area contributed by atoms with E-state index in [1.54, 1.807) is 0 Å². The minimum absolute atomic E-state index is 1.20. The van der Waals surface area contributed by atoms with Crippen molar-refractivity contribution in [3.05, 3.63) is 278 Å². The van der Waals surface area contributed by atoms with Crippen LogP contribution in [-0.4, -0.2) is 0 Å². The molecule has 0 fully saturated rings. The quantitative estimate of drug-likeness (QED) is 0.133. The summed E-state index contributed by atoms with van der Waals surface area (Å²) in [7, 11) is 0. The first-order valence-electron chi connectivity index (χ1n) is 25.8. The van der Waals surface area contributed by atoms with Gasteiger partial charge in [0.1, 0.15) is 0 Å². The summed E-state index contributed by atoms with van der Waals surface area (Å²) >= 11 is 0. The summed E-state index contributed by atoms with van der Waals surface area (Å²) in [6.45, 7) is 0. The van der Waals surface area contributed by atoms with Crippen LogP contribution in [0.1, 0.15) is 11.1 Å². The second-order valence-corrected chi connectivity index (χ2v) is 19.7. The summed E-state index contributed by atoms with van der Waals surface area (Å²) in [6.07, 6.45) is 4.72. The molecule has 0 heteroatoms. The van der Waals surface area contributed by atoms with Crippen molar-refractivity contribution in [1.82, 2.24) is 0 Å². The van der Waals surface area contributed by atoms with Gasteiger partial charge in [-0.2, -0.15) is 0 Å². The van der Waals surface area contributed by atoms with Crippen LogP contribution < -0.4 is 0 Å². The average Bonchev–Trinajstić information content (AvgIpc) is 3.99. The fourth-order valence-corrected chi connectivity index (χ4v) is 12.8. The molecule has 342 valence electrons. The molecule has 0 atom stereocenters. The lowest BCUT2D eigenvalue weighted by molar-refractivity contribution is 1.54. The molecule has 0 heterocycles. The minimum atomic E-state index is 1.20. The molecule has 2 aliphatic carbocycles. The normalized spacial score (nSPS) is 12.0. The highest BCUT2D eigenvalue weighted by Crippen LogP contribution is 2.62. The van der Waals surface area contributed by atoms with E-state index in [-0.39, 0.29) is 0 Å². The Labute approximate surface area is 431 Å². The van der Waals surface area contributed by atoms with Gasteiger partial charge < -0.3 is 0 Å². The van der Waals surface area contributed by atoms with E-state index in [1.807, 2.05) is 0 Å². The molecule has 15 rings (SSSR count). The first-order chi connectivity index (χ1) is 36.8. The molecule has 13 aromatic rings. The van der Waals surface area contributed by atoms with E-state index in [2.05, 4.69) is 279 Å². The topological polar surface area (TPSA) is 0 Å². The van der Waals surface area contributed by atoms with Gasteiger partial charge in [0.15, 0.2) is 0 Å². The number of hydrogen-bond donors (Lipinski definition) is 0. The third-order valence-electron chi connectivity index (χ3n) is 15.8. The van der Waals surface area contributed by atoms with Crippen molar-refractivity contribution in [2.75, 3.05) is 0 Å². The first-order valence-corrected chi connectivity index (χ1v) is 25.8. The van der Waals surface area contributed by atoms with Crippen LogP contribution in [0, 0.1) is 0 Å². The average molecular weight is 935 g/mol. The van der Waals surface area contributed by atoms with E-state index in [0.29, 0.717) is 0 Å². The zero-order chi connectivity index (χ0) is 48.7. The van der Waals surface area contributed by atoms with Crippen LogP contribution in [0.25, 0.3) is 156 Å². The summed E-state index contributed by atoms with van der Waals surface area (Å²) in [5.74, 6) is 0. The van der Waals surface area contributed by atoms with Gasteiger partial charge in [0.25, 0.3) is 0 Å². The predicted molar refractivity (Wildman–Crippen MR) is 316 cm³/mol. The SMILES string of the molecule is C(=Cc1ccc2c3c(cccc13)-c1c-2c(-c2ccccc2)c2ccccc2c1-c1ccccc1)c1ccc2c3c(cccc13)-c1c(-c3ccccc3)c(-c3ccccc3)c(-c3ccccc3)c(-c3ccccc3)c1-2. The Morgan fingerprint density at radius 2 is 0.405 bits per heavy atom. The summed E-state index contributed by atoms with van der Waals surface area (Å²) in [6, 6.07) is 98.6. The number of hydrogen-bond acceptors (Lipinski definition) is 0. The second-order valence-electron chi connectivity index (χ2n) is 19.7. The van der Waals surface area contributed by atoms with Crippen LogP contribution in [0.5, 0.6) is 0 Å². The summed E-state index contributed by atoms with van der Waals surface area (Å²) < 4.78 is 0. The van der Waals surface area contributed by atoms with E-state index >= 15 is 0 Å². The molecular formula is C74H46. The van der Waals surface area contributed by atoms with Gasteiger partial charge in [-0.05, 0) is 155 Å². The summed E-state index contributed by atoms with van der Waals surface area (Å²) in [4.78, 5) is 0. The van der Waals surface area contributed by atoms with E-state index in [9.17, 15) is 0 Å². The highest BCUT2D eigenvalue weighted by Gasteiger charge is 2.35. The second kappa shape index (κ2) is 17.0. The summed E-state index contributed by atoms with van der Waals surface area (Å²) in [5, 5.41) is 7.67. The van der Waals surface area contributed by atoms with Gasteiger partial charge >= 0.3 is 0 Å². The molecule has 0 nitrogen and oxygen atoms in total. The van der Waals surface area contributed by atoms with Crippen LogP contribution >= 0.6 is 0 Å². The zero-order valence-corrected chi connectivity index (χ0v) is 40.6. The molecule has 0 saturated heterocycles. The fourth-order valence-electron chi connectivity index (χ4n) is 12.8. The van der Waals surface area contributed by atoms with E-state index in [0.717, 1.165) is 0 Å². The molecular weight excluding hydrogens is 889 g/mol. The molecule has 0 aromatic heterocycles. The van der Waals surface area contributed by atoms with Crippen LogP contribution in [-0.2, 0) is 0 Å². The maximum atomic E-state index is 2.40. The Bertz CT molecular complexity index is 4190. The molecule has 2 aliphatic rings.